The molecule has 0 fully saturated rings. The molecule has 0 aliphatic carbocycles. The Hall–Kier alpha value is -2.48. The first kappa shape index (κ1) is 13.0. The molecule has 4 N–H and O–H groups in total. The van der Waals surface area contributed by atoms with E-state index in [1.807, 2.05) is 0 Å². The standard InChI is InChI=1S/C11H10N4O3S/c12-10(16)7-3-6(1-2-13-7)14-4-9-15-8(5-19-9)11(17)18/h1-3,5H,4H2,(H2,12,16)(H,13,14)(H,17,18). The Balaban J connectivity index is 2.03. The molecular formula is C11H10N4O3S. The van der Waals surface area contributed by atoms with Crippen molar-refractivity contribution in [3.63, 3.8) is 0 Å². The largest absolute Gasteiger partial charge is 0.476 e. The van der Waals surface area contributed by atoms with E-state index in [9.17, 15) is 9.59 Å². The second kappa shape index (κ2) is 5.44. The number of pyridine rings is 1. The minimum Gasteiger partial charge on any atom is -0.476 e. The zero-order valence-electron chi connectivity index (χ0n) is 9.66. The Bertz CT molecular complexity index is 626. The number of nitrogens with zero attached hydrogens (tertiary/aromatic N) is 2. The van der Waals surface area contributed by atoms with Crippen molar-refractivity contribution in [2.24, 2.45) is 5.73 Å². The van der Waals surface area contributed by atoms with E-state index in [1.54, 1.807) is 6.07 Å². The first-order valence-corrected chi connectivity index (χ1v) is 6.11. The number of aromatic nitrogens is 2. The van der Waals surface area contributed by atoms with Crippen LogP contribution in [0.25, 0.3) is 0 Å². The van der Waals surface area contributed by atoms with E-state index >= 15 is 0 Å². The molecule has 2 aromatic rings. The topological polar surface area (TPSA) is 118 Å². The predicted molar refractivity (Wildman–Crippen MR) is 69.2 cm³/mol. The van der Waals surface area contributed by atoms with E-state index in [4.69, 9.17) is 10.8 Å². The molecule has 0 saturated carbocycles. The van der Waals surface area contributed by atoms with Crippen LogP contribution < -0.4 is 11.1 Å². The summed E-state index contributed by atoms with van der Waals surface area (Å²) in [5.41, 5.74) is 5.97. The third-order valence-electron chi connectivity index (χ3n) is 2.23. The third-order valence-corrected chi connectivity index (χ3v) is 3.08. The summed E-state index contributed by atoms with van der Waals surface area (Å²) >= 11 is 1.25. The Kier molecular flexibility index (Phi) is 3.71. The zero-order chi connectivity index (χ0) is 13.8. The number of aromatic carboxylic acids is 1. The van der Waals surface area contributed by atoms with Gasteiger partial charge in [-0.1, -0.05) is 0 Å². The number of carbonyl (C=O) groups excluding carboxylic acids is 1. The van der Waals surface area contributed by atoms with E-state index in [-0.39, 0.29) is 11.4 Å². The smallest absolute Gasteiger partial charge is 0.355 e. The van der Waals surface area contributed by atoms with Crippen molar-refractivity contribution in [2.75, 3.05) is 5.32 Å². The van der Waals surface area contributed by atoms with Crippen LogP contribution in [0.5, 0.6) is 0 Å². The minimum atomic E-state index is -1.05. The van der Waals surface area contributed by atoms with Gasteiger partial charge in [-0.25, -0.2) is 9.78 Å². The first-order valence-electron chi connectivity index (χ1n) is 5.23. The molecule has 0 aliphatic rings. The molecule has 2 aromatic heterocycles. The maximum Gasteiger partial charge on any atom is 0.355 e. The lowest BCUT2D eigenvalue weighted by molar-refractivity contribution is 0.0691. The first-order chi connectivity index (χ1) is 9.06. The Labute approximate surface area is 112 Å². The number of hydrogen-bond donors (Lipinski definition) is 3. The van der Waals surface area contributed by atoms with E-state index < -0.39 is 11.9 Å². The van der Waals surface area contributed by atoms with Crippen molar-refractivity contribution < 1.29 is 14.7 Å². The van der Waals surface area contributed by atoms with Crippen LogP contribution in [0.2, 0.25) is 0 Å². The van der Waals surface area contributed by atoms with Crippen molar-refractivity contribution in [1.82, 2.24) is 9.97 Å². The second-order valence-electron chi connectivity index (χ2n) is 3.58. The fourth-order valence-electron chi connectivity index (χ4n) is 1.34. The summed E-state index contributed by atoms with van der Waals surface area (Å²) < 4.78 is 0. The van der Waals surface area contributed by atoms with Crippen LogP contribution in [0.1, 0.15) is 26.0 Å². The number of hydrogen-bond acceptors (Lipinski definition) is 6. The summed E-state index contributed by atoms with van der Waals surface area (Å²) in [6.45, 7) is 0.361. The summed E-state index contributed by atoms with van der Waals surface area (Å²) in [5.74, 6) is -1.66. The molecule has 2 heterocycles. The number of thiazole rings is 1. The van der Waals surface area contributed by atoms with Crippen LogP contribution in [-0.2, 0) is 6.54 Å². The molecule has 98 valence electrons. The van der Waals surface area contributed by atoms with Gasteiger partial charge in [0.2, 0.25) is 0 Å². The van der Waals surface area contributed by atoms with Gasteiger partial charge >= 0.3 is 5.97 Å². The summed E-state index contributed by atoms with van der Waals surface area (Å²) in [5, 5.41) is 13.9. The Morgan fingerprint density at radius 2 is 2.21 bits per heavy atom. The van der Waals surface area contributed by atoms with E-state index in [2.05, 4.69) is 15.3 Å². The van der Waals surface area contributed by atoms with E-state index in [1.165, 1.54) is 29.0 Å². The fraction of sp³-hybridized carbons (Fsp3) is 0.0909. The molecule has 0 aromatic carbocycles. The van der Waals surface area contributed by atoms with Gasteiger partial charge in [-0.05, 0) is 12.1 Å². The molecule has 8 heteroatoms. The number of carboxylic acid groups (broad SMARTS) is 1. The number of carbonyl (C=O) groups is 2. The van der Waals surface area contributed by atoms with Crippen molar-refractivity contribution in [2.45, 2.75) is 6.54 Å². The number of amides is 1. The highest BCUT2D eigenvalue weighted by Gasteiger charge is 2.08. The number of primary amides is 1. The summed E-state index contributed by atoms with van der Waals surface area (Å²) in [6.07, 6.45) is 1.47. The van der Waals surface area contributed by atoms with Crippen molar-refractivity contribution in [3.05, 3.63) is 40.1 Å². The number of anilines is 1. The number of carboxylic acids is 1. The Morgan fingerprint density at radius 1 is 1.42 bits per heavy atom. The Morgan fingerprint density at radius 3 is 2.84 bits per heavy atom. The van der Waals surface area contributed by atoms with Gasteiger partial charge in [0.15, 0.2) is 5.69 Å². The zero-order valence-corrected chi connectivity index (χ0v) is 10.5. The molecule has 0 bridgehead atoms. The quantitative estimate of drug-likeness (QED) is 0.749. The van der Waals surface area contributed by atoms with Gasteiger partial charge in [-0.3, -0.25) is 9.78 Å². The molecule has 7 nitrogen and oxygen atoms in total. The third kappa shape index (κ3) is 3.26. The van der Waals surface area contributed by atoms with Crippen molar-refractivity contribution >= 4 is 28.9 Å². The van der Waals surface area contributed by atoms with Gasteiger partial charge in [0, 0.05) is 17.3 Å². The van der Waals surface area contributed by atoms with Gasteiger partial charge in [0.25, 0.3) is 5.91 Å². The maximum atomic E-state index is 11.0. The highest BCUT2D eigenvalue weighted by Crippen LogP contribution is 2.13. The summed E-state index contributed by atoms with van der Waals surface area (Å²) in [7, 11) is 0. The van der Waals surface area contributed by atoms with E-state index in [0.29, 0.717) is 17.2 Å². The van der Waals surface area contributed by atoms with Gasteiger partial charge in [-0.2, -0.15) is 0 Å². The van der Waals surface area contributed by atoms with Crippen LogP contribution in [-0.4, -0.2) is 27.0 Å². The minimum absolute atomic E-state index is 0.0225. The molecular weight excluding hydrogens is 268 g/mol. The molecule has 0 aliphatic heterocycles. The lowest BCUT2D eigenvalue weighted by Gasteiger charge is -2.04. The van der Waals surface area contributed by atoms with Gasteiger partial charge in [-0.15, -0.1) is 11.3 Å². The van der Waals surface area contributed by atoms with Crippen LogP contribution in [0.15, 0.2) is 23.7 Å². The van der Waals surface area contributed by atoms with Crippen molar-refractivity contribution in [3.8, 4) is 0 Å². The lowest BCUT2D eigenvalue weighted by Crippen LogP contribution is -2.13. The summed E-state index contributed by atoms with van der Waals surface area (Å²) in [4.78, 5) is 29.4. The molecule has 0 atom stereocenters. The van der Waals surface area contributed by atoms with Crippen molar-refractivity contribution in [1.29, 1.82) is 0 Å². The molecule has 0 unspecified atom stereocenters. The average molecular weight is 278 g/mol. The molecule has 0 radical (unpaired) electrons. The monoisotopic (exact) mass is 278 g/mol. The van der Waals surface area contributed by atoms with E-state index in [0.717, 1.165) is 0 Å². The van der Waals surface area contributed by atoms with Crippen LogP contribution in [0.4, 0.5) is 5.69 Å². The normalized spacial score (nSPS) is 10.1. The maximum absolute atomic E-state index is 11.0. The molecule has 2 rings (SSSR count). The van der Waals surface area contributed by atoms with Gasteiger partial charge in [0.1, 0.15) is 10.7 Å². The summed E-state index contributed by atoms with van der Waals surface area (Å²) in [6, 6.07) is 3.20. The molecule has 1 amide bonds. The number of rotatable bonds is 5. The van der Waals surface area contributed by atoms with Crippen LogP contribution in [0.3, 0.4) is 0 Å². The molecule has 0 saturated heterocycles. The second-order valence-corrected chi connectivity index (χ2v) is 4.52. The van der Waals surface area contributed by atoms with Crippen LogP contribution >= 0.6 is 11.3 Å². The highest BCUT2D eigenvalue weighted by atomic mass is 32.1. The predicted octanol–water partition coefficient (Wildman–Crippen LogP) is 0.947. The lowest BCUT2D eigenvalue weighted by atomic mass is 10.3. The average Bonchev–Trinajstić information content (AvgIpc) is 2.85. The van der Waals surface area contributed by atoms with Gasteiger partial charge < -0.3 is 16.2 Å². The number of nitrogens with one attached hydrogen (secondary N) is 1. The fourth-order valence-corrected chi connectivity index (χ4v) is 2.05. The molecule has 0 spiro atoms. The molecule has 19 heavy (non-hydrogen) atoms. The van der Waals surface area contributed by atoms with Crippen LogP contribution in [0, 0.1) is 0 Å². The SMILES string of the molecule is NC(=O)c1cc(NCc2nc(C(=O)O)cs2)ccn1. The number of nitrogens with two attached hydrogens (primary N) is 1. The highest BCUT2D eigenvalue weighted by molar-refractivity contribution is 7.09. The van der Waals surface area contributed by atoms with Gasteiger partial charge in [0.05, 0.1) is 6.54 Å².